The molecule has 3 heterocycles. The summed E-state index contributed by atoms with van der Waals surface area (Å²) in [5.41, 5.74) is 4.10. The van der Waals surface area contributed by atoms with Crippen molar-refractivity contribution in [2.24, 2.45) is 0 Å². The fourth-order valence-corrected chi connectivity index (χ4v) is 5.70. The van der Waals surface area contributed by atoms with Crippen LogP contribution >= 0.6 is 0 Å². The third-order valence-electron chi connectivity index (χ3n) is 7.39. The number of fused-ring (bicyclic) bond motifs is 1. The molecule has 1 aliphatic heterocycles. The highest BCUT2D eigenvalue weighted by atomic mass is 16.5. The molecular formula is C27H35N3O4. The second-order valence-corrected chi connectivity index (χ2v) is 9.26. The summed E-state index contributed by atoms with van der Waals surface area (Å²) in [6, 6.07) is 7.97. The molecule has 7 heteroatoms. The molecule has 7 nitrogen and oxygen atoms in total. The summed E-state index contributed by atoms with van der Waals surface area (Å²) in [7, 11) is 1.72. The highest BCUT2D eigenvalue weighted by Crippen LogP contribution is 2.45. The quantitative estimate of drug-likeness (QED) is 0.471. The zero-order valence-electron chi connectivity index (χ0n) is 20.7. The van der Waals surface area contributed by atoms with E-state index < -0.39 is 11.5 Å². The van der Waals surface area contributed by atoms with Gasteiger partial charge in [-0.25, -0.2) is 4.79 Å². The number of rotatable bonds is 8. The maximum absolute atomic E-state index is 11.4. The number of piperidine rings is 1. The molecule has 1 fully saturated rings. The Balaban J connectivity index is 1.83. The van der Waals surface area contributed by atoms with Crippen LogP contribution in [0.15, 0.2) is 36.7 Å². The van der Waals surface area contributed by atoms with Gasteiger partial charge in [0.25, 0.3) is 0 Å². The number of hydrogen-bond donors (Lipinski definition) is 2. The molecule has 0 aliphatic carbocycles. The molecule has 1 aromatic carbocycles. The summed E-state index contributed by atoms with van der Waals surface area (Å²) in [5, 5.41) is 10.5. The van der Waals surface area contributed by atoms with Crippen molar-refractivity contribution in [3.63, 3.8) is 0 Å². The minimum atomic E-state index is -0.968. The number of carboxylic acids is 1. The number of carbonyl (C=O) groups is 1. The highest BCUT2D eigenvalue weighted by Gasteiger charge is 2.47. The molecule has 1 saturated heterocycles. The molecule has 0 spiro atoms. The Labute approximate surface area is 201 Å². The van der Waals surface area contributed by atoms with Gasteiger partial charge in [0.1, 0.15) is 5.75 Å². The van der Waals surface area contributed by atoms with Crippen LogP contribution < -0.4 is 4.74 Å². The molecule has 3 atom stereocenters. The second kappa shape index (κ2) is 9.76. The number of pyridine rings is 1. The van der Waals surface area contributed by atoms with Crippen molar-refractivity contribution < 1.29 is 19.4 Å². The van der Waals surface area contributed by atoms with E-state index in [1.807, 2.05) is 19.2 Å². The molecule has 182 valence electrons. The van der Waals surface area contributed by atoms with Crippen LogP contribution in [0.2, 0.25) is 0 Å². The van der Waals surface area contributed by atoms with Crippen LogP contribution in [0, 0.1) is 6.92 Å². The Hall–Kier alpha value is -2.90. The molecule has 2 aromatic heterocycles. The molecule has 3 aromatic rings. The lowest BCUT2D eigenvalue weighted by Crippen LogP contribution is -2.57. The fourth-order valence-electron chi connectivity index (χ4n) is 5.70. The molecule has 0 bridgehead atoms. The lowest BCUT2D eigenvalue weighted by molar-refractivity contribution is -0.0905. The Morgan fingerprint density at radius 1 is 1.32 bits per heavy atom. The number of hydrogen-bond acceptors (Lipinski definition) is 5. The Bertz CT molecular complexity index is 1160. The van der Waals surface area contributed by atoms with Crippen molar-refractivity contribution in [2.75, 3.05) is 13.7 Å². The zero-order chi connectivity index (χ0) is 24.5. The smallest absolute Gasteiger partial charge is 0.337 e. The molecule has 0 amide bonds. The van der Waals surface area contributed by atoms with E-state index >= 15 is 0 Å². The fraction of sp³-hybridized carbons (Fsp3) is 0.481. The van der Waals surface area contributed by atoms with E-state index in [1.54, 1.807) is 13.2 Å². The number of aromatic amines is 1. The maximum Gasteiger partial charge on any atom is 0.337 e. The Morgan fingerprint density at radius 2 is 2.12 bits per heavy atom. The number of carboxylic acid groups (broad SMARTS) is 1. The normalized spacial score (nSPS) is 23.3. The van der Waals surface area contributed by atoms with Crippen molar-refractivity contribution in [1.29, 1.82) is 0 Å². The molecule has 0 radical (unpaired) electrons. The third-order valence-corrected chi connectivity index (χ3v) is 7.39. The van der Waals surface area contributed by atoms with Crippen molar-refractivity contribution in [1.82, 2.24) is 14.9 Å². The van der Waals surface area contributed by atoms with Crippen LogP contribution in [0.25, 0.3) is 10.9 Å². The Morgan fingerprint density at radius 3 is 2.74 bits per heavy atom. The van der Waals surface area contributed by atoms with Gasteiger partial charge in [-0.15, -0.1) is 0 Å². The monoisotopic (exact) mass is 465 g/mol. The van der Waals surface area contributed by atoms with Crippen molar-refractivity contribution in [2.45, 2.75) is 71.2 Å². The van der Waals surface area contributed by atoms with Gasteiger partial charge in [-0.05, 0) is 69.9 Å². The van der Waals surface area contributed by atoms with Gasteiger partial charge in [0.15, 0.2) is 0 Å². The number of likely N-dealkylation sites (tertiary alicyclic amines) is 1. The Kier molecular flexibility index (Phi) is 6.96. The molecule has 1 aliphatic rings. The van der Waals surface area contributed by atoms with Gasteiger partial charge in [0.05, 0.1) is 30.0 Å². The molecule has 0 saturated carbocycles. The summed E-state index contributed by atoms with van der Waals surface area (Å²) in [6.07, 6.45) is 6.11. The van der Waals surface area contributed by atoms with Crippen LogP contribution in [0.3, 0.4) is 0 Å². The number of H-pyrrole nitrogens is 1. The molecular weight excluding hydrogens is 430 g/mol. The number of ether oxygens (including phenoxy) is 2. The van der Waals surface area contributed by atoms with Gasteiger partial charge >= 0.3 is 5.97 Å². The SMILES string of the molecule is CCO[C@H]1C[C@H](C)N(Cc2c(OC)cc(C)c3[nH]ccc23)C(CC)(c2ccc(C(=O)O)cn2)C1. The van der Waals surface area contributed by atoms with Crippen molar-refractivity contribution in [3.8, 4) is 5.75 Å². The van der Waals surface area contributed by atoms with Crippen molar-refractivity contribution in [3.05, 3.63) is 59.0 Å². The largest absolute Gasteiger partial charge is 0.496 e. The van der Waals surface area contributed by atoms with E-state index in [1.165, 1.54) is 6.20 Å². The first-order valence-corrected chi connectivity index (χ1v) is 12.1. The van der Waals surface area contributed by atoms with Crippen LogP contribution in [-0.4, -0.2) is 51.8 Å². The standard InChI is InChI=1S/C27H35N3O4/c1-6-27(24-9-8-19(15-29-24)26(31)32)14-20(34-7-2)13-18(4)30(27)16-22-21-10-11-28-25(21)17(3)12-23(22)33-5/h8-12,15,18,20,28H,6-7,13-14,16H2,1-5H3,(H,31,32)/t18-,20-,27?/m0/s1. The van der Waals surface area contributed by atoms with Crippen molar-refractivity contribution >= 4 is 16.9 Å². The van der Waals surface area contributed by atoms with E-state index in [2.05, 4.69) is 47.8 Å². The summed E-state index contributed by atoms with van der Waals surface area (Å²) in [4.78, 5) is 22.0. The molecule has 2 N–H and O–H groups in total. The third kappa shape index (κ3) is 4.18. The van der Waals surface area contributed by atoms with E-state index in [0.717, 1.165) is 52.7 Å². The highest BCUT2D eigenvalue weighted by molar-refractivity contribution is 5.88. The average molecular weight is 466 g/mol. The van der Waals surface area contributed by atoms with E-state index in [9.17, 15) is 9.90 Å². The van der Waals surface area contributed by atoms with Gasteiger partial charge in [0.2, 0.25) is 0 Å². The van der Waals surface area contributed by atoms with Crippen LogP contribution in [0.4, 0.5) is 0 Å². The van der Waals surface area contributed by atoms with Gasteiger partial charge in [0, 0.05) is 48.1 Å². The second-order valence-electron chi connectivity index (χ2n) is 9.26. The number of methoxy groups -OCH3 is 1. The van der Waals surface area contributed by atoms with E-state index in [4.69, 9.17) is 9.47 Å². The number of aromatic nitrogens is 2. The predicted octanol–water partition coefficient (Wildman–Crippen LogP) is 5.27. The number of nitrogens with one attached hydrogen (secondary N) is 1. The minimum absolute atomic E-state index is 0.115. The predicted molar refractivity (Wildman–Crippen MR) is 132 cm³/mol. The first kappa shape index (κ1) is 24.2. The average Bonchev–Trinajstić information content (AvgIpc) is 3.32. The molecule has 1 unspecified atom stereocenters. The first-order chi connectivity index (χ1) is 16.3. The minimum Gasteiger partial charge on any atom is -0.496 e. The number of aromatic carboxylic acids is 1. The number of benzene rings is 1. The van der Waals surface area contributed by atoms with Crippen LogP contribution in [-0.2, 0) is 16.8 Å². The van der Waals surface area contributed by atoms with Gasteiger partial charge in [-0.3, -0.25) is 9.88 Å². The first-order valence-electron chi connectivity index (χ1n) is 12.1. The maximum atomic E-state index is 11.4. The zero-order valence-corrected chi connectivity index (χ0v) is 20.7. The molecule has 4 rings (SSSR count). The van der Waals surface area contributed by atoms with E-state index in [0.29, 0.717) is 13.2 Å². The van der Waals surface area contributed by atoms with Gasteiger partial charge in [-0.1, -0.05) is 6.92 Å². The van der Waals surface area contributed by atoms with Crippen LogP contribution in [0.5, 0.6) is 5.75 Å². The number of aryl methyl sites for hydroxylation is 1. The summed E-state index contributed by atoms with van der Waals surface area (Å²) in [5.74, 6) is -0.0900. The van der Waals surface area contributed by atoms with Gasteiger partial charge < -0.3 is 19.6 Å². The molecule has 34 heavy (non-hydrogen) atoms. The number of nitrogens with zero attached hydrogens (tertiary/aromatic N) is 2. The lowest BCUT2D eigenvalue weighted by Gasteiger charge is -2.52. The lowest BCUT2D eigenvalue weighted by atomic mass is 9.76. The summed E-state index contributed by atoms with van der Waals surface area (Å²) < 4.78 is 12.0. The summed E-state index contributed by atoms with van der Waals surface area (Å²) >= 11 is 0. The summed E-state index contributed by atoms with van der Waals surface area (Å²) in [6.45, 7) is 9.90. The topological polar surface area (TPSA) is 87.7 Å². The van der Waals surface area contributed by atoms with E-state index in [-0.39, 0.29) is 17.7 Å². The van der Waals surface area contributed by atoms with Crippen LogP contribution in [0.1, 0.15) is 67.2 Å². The van der Waals surface area contributed by atoms with Gasteiger partial charge in [-0.2, -0.15) is 0 Å².